The van der Waals surface area contributed by atoms with Crippen molar-refractivity contribution in [3.63, 3.8) is 0 Å². The topological polar surface area (TPSA) is 60.8 Å². The van der Waals surface area contributed by atoms with Crippen LogP contribution < -0.4 is 0 Å². The van der Waals surface area contributed by atoms with E-state index in [0.717, 1.165) is 12.8 Å². The molecule has 0 spiro atoms. The Kier molecular flexibility index (Phi) is 3.27. The third kappa shape index (κ3) is 2.97. The molecule has 0 heterocycles. The molecule has 0 aromatic carbocycles. The molecule has 2 N–H and O–H groups in total. The summed E-state index contributed by atoms with van der Waals surface area (Å²) < 4.78 is 0. The first-order valence-electron chi connectivity index (χ1n) is 4.63. The predicted molar refractivity (Wildman–Crippen MR) is 48.5 cm³/mol. The van der Waals surface area contributed by atoms with Crippen LogP contribution in [-0.2, 0) is 4.79 Å². The number of rotatable bonds is 5. The third-order valence-corrected chi connectivity index (χ3v) is 2.35. The minimum Gasteiger partial charge on any atom is -0.480 e. The van der Waals surface area contributed by atoms with E-state index in [2.05, 4.69) is 0 Å². The van der Waals surface area contributed by atoms with Gasteiger partial charge in [-0.15, -0.1) is 0 Å². The molecule has 0 amide bonds. The Bertz CT molecular complexity index is 189. The fourth-order valence-corrected chi connectivity index (χ4v) is 1.69. The number of hydrogen-bond acceptors (Lipinski definition) is 3. The predicted octanol–water partition coefficient (Wildman–Crippen LogP) is 0.162. The van der Waals surface area contributed by atoms with Crippen LogP contribution in [0.3, 0.4) is 0 Å². The molecule has 1 aliphatic rings. The Morgan fingerprint density at radius 3 is 2.46 bits per heavy atom. The number of likely N-dealkylation sites (N-methyl/N-ethyl adjacent to an activating group) is 1. The minimum atomic E-state index is -0.773. The zero-order valence-electron chi connectivity index (χ0n) is 8.10. The van der Waals surface area contributed by atoms with Crippen molar-refractivity contribution in [2.75, 3.05) is 13.6 Å². The van der Waals surface area contributed by atoms with Gasteiger partial charge in [-0.05, 0) is 32.7 Å². The summed E-state index contributed by atoms with van der Waals surface area (Å²) in [6, 6.07) is -0.408. The molecule has 4 heteroatoms. The SMILES string of the molecule is CC(O)CN(C)C(C(=O)O)C1CC1. The molecule has 0 saturated heterocycles. The Hall–Kier alpha value is -0.610. The van der Waals surface area contributed by atoms with Gasteiger partial charge in [0.1, 0.15) is 6.04 Å². The largest absolute Gasteiger partial charge is 0.480 e. The molecule has 13 heavy (non-hydrogen) atoms. The lowest BCUT2D eigenvalue weighted by Gasteiger charge is -2.25. The van der Waals surface area contributed by atoms with Gasteiger partial charge in [-0.3, -0.25) is 9.69 Å². The van der Waals surface area contributed by atoms with Gasteiger partial charge in [0, 0.05) is 6.54 Å². The summed E-state index contributed by atoms with van der Waals surface area (Å²) in [5.41, 5.74) is 0. The van der Waals surface area contributed by atoms with Gasteiger partial charge in [-0.25, -0.2) is 0 Å². The average Bonchev–Trinajstić information content (AvgIpc) is 2.68. The van der Waals surface area contributed by atoms with Crippen molar-refractivity contribution in [3.05, 3.63) is 0 Å². The summed E-state index contributed by atoms with van der Waals surface area (Å²) in [6.07, 6.45) is 1.54. The number of aliphatic hydroxyl groups is 1. The molecule has 4 nitrogen and oxygen atoms in total. The first-order chi connectivity index (χ1) is 6.02. The highest BCUT2D eigenvalue weighted by Gasteiger charge is 2.38. The van der Waals surface area contributed by atoms with Crippen molar-refractivity contribution in [2.24, 2.45) is 5.92 Å². The van der Waals surface area contributed by atoms with E-state index in [1.54, 1.807) is 18.9 Å². The number of carboxylic acid groups (broad SMARTS) is 1. The fourth-order valence-electron chi connectivity index (χ4n) is 1.69. The van der Waals surface area contributed by atoms with Crippen LogP contribution in [0.1, 0.15) is 19.8 Å². The van der Waals surface area contributed by atoms with Crippen LogP contribution in [-0.4, -0.2) is 46.8 Å². The molecule has 0 radical (unpaired) electrons. The van der Waals surface area contributed by atoms with Crippen LogP contribution in [0.5, 0.6) is 0 Å². The standard InChI is InChI=1S/C9H17NO3/c1-6(11)5-10(2)8(9(12)13)7-3-4-7/h6-8,11H,3-5H2,1-2H3,(H,12,13). The van der Waals surface area contributed by atoms with E-state index in [1.165, 1.54) is 0 Å². The highest BCUT2D eigenvalue weighted by atomic mass is 16.4. The van der Waals surface area contributed by atoms with Crippen molar-refractivity contribution in [3.8, 4) is 0 Å². The average molecular weight is 187 g/mol. The van der Waals surface area contributed by atoms with Crippen LogP contribution in [0, 0.1) is 5.92 Å². The maximum atomic E-state index is 10.9. The van der Waals surface area contributed by atoms with Crippen molar-refractivity contribution in [2.45, 2.75) is 31.9 Å². The molecular formula is C9H17NO3. The van der Waals surface area contributed by atoms with E-state index in [1.807, 2.05) is 0 Å². The Labute approximate surface area is 78.2 Å². The molecule has 0 aromatic rings. The second kappa shape index (κ2) is 4.07. The molecule has 0 aromatic heterocycles. The van der Waals surface area contributed by atoms with Gasteiger partial charge in [0.25, 0.3) is 0 Å². The molecular weight excluding hydrogens is 170 g/mol. The third-order valence-electron chi connectivity index (χ3n) is 2.35. The van der Waals surface area contributed by atoms with Crippen LogP contribution in [0.15, 0.2) is 0 Å². The molecule has 0 aliphatic heterocycles. The summed E-state index contributed by atoms with van der Waals surface area (Å²) in [5, 5.41) is 18.1. The van der Waals surface area contributed by atoms with E-state index in [-0.39, 0.29) is 0 Å². The maximum absolute atomic E-state index is 10.9. The molecule has 1 aliphatic carbocycles. The number of hydrogen-bond donors (Lipinski definition) is 2. The highest BCUT2D eigenvalue weighted by Crippen LogP contribution is 2.35. The quantitative estimate of drug-likeness (QED) is 0.643. The number of nitrogens with zero attached hydrogens (tertiary/aromatic N) is 1. The van der Waals surface area contributed by atoms with Crippen molar-refractivity contribution < 1.29 is 15.0 Å². The van der Waals surface area contributed by atoms with E-state index in [4.69, 9.17) is 10.2 Å². The number of aliphatic hydroxyl groups excluding tert-OH is 1. The van der Waals surface area contributed by atoms with E-state index in [9.17, 15) is 4.79 Å². The van der Waals surface area contributed by atoms with Crippen molar-refractivity contribution in [1.82, 2.24) is 4.90 Å². The summed E-state index contributed by atoms with van der Waals surface area (Å²) in [6.45, 7) is 2.09. The Morgan fingerprint density at radius 1 is 1.62 bits per heavy atom. The smallest absolute Gasteiger partial charge is 0.321 e. The molecule has 1 saturated carbocycles. The molecule has 0 bridgehead atoms. The molecule has 76 valence electrons. The van der Waals surface area contributed by atoms with Gasteiger partial charge in [0.15, 0.2) is 0 Å². The number of aliphatic carboxylic acids is 1. The maximum Gasteiger partial charge on any atom is 0.321 e. The fraction of sp³-hybridized carbons (Fsp3) is 0.889. The van der Waals surface area contributed by atoms with Crippen LogP contribution in [0.2, 0.25) is 0 Å². The first kappa shape index (κ1) is 10.5. The molecule has 1 fully saturated rings. The van der Waals surface area contributed by atoms with Crippen molar-refractivity contribution >= 4 is 5.97 Å². The lowest BCUT2D eigenvalue weighted by Crippen LogP contribution is -2.43. The molecule has 1 rings (SSSR count). The summed E-state index contributed by atoms with van der Waals surface area (Å²) in [5.74, 6) is -0.480. The minimum absolute atomic E-state index is 0.293. The van der Waals surface area contributed by atoms with Crippen LogP contribution >= 0.6 is 0 Å². The zero-order chi connectivity index (χ0) is 10.0. The van der Waals surface area contributed by atoms with Gasteiger partial charge in [-0.2, -0.15) is 0 Å². The normalized spacial score (nSPS) is 21.5. The first-order valence-corrected chi connectivity index (χ1v) is 4.63. The number of carbonyl (C=O) groups is 1. The summed E-state index contributed by atoms with van der Waals surface area (Å²) >= 11 is 0. The van der Waals surface area contributed by atoms with Gasteiger partial charge < -0.3 is 10.2 Å². The molecule has 2 unspecified atom stereocenters. The number of carboxylic acids is 1. The Morgan fingerprint density at radius 2 is 2.15 bits per heavy atom. The second-order valence-corrected chi connectivity index (χ2v) is 3.91. The zero-order valence-corrected chi connectivity index (χ0v) is 8.10. The van der Waals surface area contributed by atoms with Gasteiger partial charge in [0.05, 0.1) is 6.10 Å². The van der Waals surface area contributed by atoms with E-state index in [0.29, 0.717) is 12.5 Å². The van der Waals surface area contributed by atoms with Gasteiger partial charge >= 0.3 is 5.97 Å². The lowest BCUT2D eigenvalue weighted by molar-refractivity contribution is -0.144. The van der Waals surface area contributed by atoms with Gasteiger partial charge in [0.2, 0.25) is 0 Å². The van der Waals surface area contributed by atoms with Crippen LogP contribution in [0.25, 0.3) is 0 Å². The summed E-state index contributed by atoms with van der Waals surface area (Å²) in [7, 11) is 1.75. The van der Waals surface area contributed by atoms with Crippen molar-refractivity contribution in [1.29, 1.82) is 0 Å². The van der Waals surface area contributed by atoms with E-state index >= 15 is 0 Å². The Balaban J connectivity index is 2.48. The highest BCUT2D eigenvalue weighted by molar-refractivity contribution is 5.74. The van der Waals surface area contributed by atoms with Crippen LogP contribution in [0.4, 0.5) is 0 Å². The summed E-state index contributed by atoms with van der Waals surface area (Å²) in [4.78, 5) is 12.6. The second-order valence-electron chi connectivity index (χ2n) is 3.91. The monoisotopic (exact) mass is 187 g/mol. The lowest BCUT2D eigenvalue weighted by atomic mass is 10.1. The van der Waals surface area contributed by atoms with E-state index < -0.39 is 18.1 Å². The molecule has 2 atom stereocenters. The van der Waals surface area contributed by atoms with Gasteiger partial charge in [-0.1, -0.05) is 0 Å².